The summed E-state index contributed by atoms with van der Waals surface area (Å²) in [7, 11) is 1.71. The number of carboxylic acids is 1. The number of hydrogen-bond acceptors (Lipinski definition) is 4. The number of nitrogens with zero attached hydrogens (tertiary/aromatic N) is 2. The van der Waals surface area contributed by atoms with E-state index >= 15 is 0 Å². The van der Waals surface area contributed by atoms with Gasteiger partial charge in [-0.1, -0.05) is 12.1 Å². The number of aryl methyl sites for hydroxylation is 2. The third-order valence-corrected chi connectivity index (χ3v) is 3.96. The topological polar surface area (TPSA) is 70.5 Å². The van der Waals surface area contributed by atoms with Crippen LogP contribution in [0.2, 0.25) is 0 Å². The molecule has 5 nitrogen and oxygen atoms in total. The van der Waals surface area contributed by atoms with E-state index in [0.29, 0.717) is 12.2 Å². The van der Waals surface area contributed by atoms with E-state index < -0.39 is 5.97 Å². The molecular formula is C15H16N2O3S. The average molecular weight is 304 g/mol. The molecule has 1 N–H and O–H groups in total. The lowest BCUT2D eigenvalue weighted by Gasteiger charge is -2.16. The van der Waals surface area contributed by atoms with Gasteiger partial charge in [0.05, 0.1) is 10.6 Å². The average Bonchev–Trinajstić information content (AvgIpc) is 2.77. The molecule has 0 aliphatic carbocycles. The molecule has 2 aromatic rings. The van der Waals surface area contributed by atoms with Crippen LogP contribution in [0, 0.1) is 13.8 Å². The molecule has 0 saturated heterocycles. The molecule has 1 heterocycles. The molecule has 0 aliphatic rings. The van der Waals surface area contributed by atoms with Crippen molar-refractivity contribution >= 4 is 23.2 Å². The maximum atomic E-state index is 12.3. The van der Waals surface area contributed by atoms with Gasteiger partial charge in [-0.2, -0.15) is 0 Å². The highest BCUT2D eigenvalue weighted by Crippen LogP contribution is 2.18. The first-order valence-electron chi connectivity index (χ1n) is 6.40. The van der Waals surface area contributed by atoms with Crippen LogP contribution in [0.4, 0.5) is 0 Å². The predicted octanol–water partition coefficient (Wildman–Crippen LogP) is 2.73. The molecule has 110 valence electrons. The molecule has 2 rings (SSSR count). The van der Waals surface area contributed by atoms with Crippen LogP contribution in [0.1, 0.15) is 36.3 Å². The minimum absolute atomic E-state index is 0.126. The monoisotopic (exact) mass is 304 g/mol. The summed E-state index contributed by atoms with van der Waals surface area (Å²) < 4.78 is 0. The SMILES string of the molecule is Cc1nc(C(=O)N(C)Cc2ccc(C(=O)O)cc2)c(C)s1. The largest absolute Gasteiger partial charge is 0.478 e. The zero-order valence-corrected chi connectivity index (χ0v) is 12.9. The molecule has 0 aliphatic heterocycles. The number of amides is 1. The van der Waals surface area contributed by atoms with E-state index in [1.165, 1.54) is 23.5 Å². The van der Waals surface area contributed by atoms with Gasteiger partial charge >= 0.3 is 5.97 Å². The number of thiazole rings is 1. The summed E-state index contributed by atoms with van der Waals surface area (Å²) in [5.41, 5.74) is 1.60. The van der Waals surface area contributed by atoms with Gasteiger partial charge < -0.3 is 10.0 Å². The number of carboxylic acid groups (broad SMARTS) is 1. The van der Waals surface area contributed by atoms with E-state index in [0.717, 1.165) is 15.4 Å². The maximum absolute atomic E-state index is 12.3. The van der Waals surface area contributed by atoms with Gasteiger partial charge in [-0.05, 0) is 31.5 Å². The van der Waals surface area contributed by atoms with Crippen molar-refractivity contribution in [3.8, 4) is 0 Å². The lowest BCUT2D eigenvalue weighted by Crippen LogP contribution is -2.27. The molecule has 0 bridgehead atoms. The number of benzene rings is 1. The van der Waals surface area contributed by atoms with Crippen molar-refractivity contribution in [1.82, 2.24) is 9.88 Å². The highest BCUT2D eigenvalue weighted by Gasteiger charge is 2.18. The highest BCUT2D eigenvalue weighted by molar-refractivity contribution is 7.11. The Bertz CT molecular complexity index is 677. The van der Waals surface area contributed by atoms with E-state index in [2.05, 4.69) is 4.98 Å². The molecule has 21 heavy (non-hydrogen) atoms. The Morgan fingerprint density at radius 3 is 2.33 bits per heavy atom. The van der Waals surface area contributed by atoms with Crippen LogP contribution in [0.5, 0.6) is 0 Å². The van der Waals surface area contributed by atoms with Gasteiger partial charge in [0.2, 0.25) is 0 Å². The van der Waals surface area contributed by atoms with Crippen molar-refractivity contribution < 1.29 is 14.7 Å². The van der Waals surface area contributed by atoms with Crippen LogP contribution in [0.15, 0.2) is 24.3 Å². The summed E-state index contributed by atoms with van der Waals surface area (Å²) in [5, 5.41) is 9.73. The normalized spacial score (nSPS) is 10.4. The summed E-state index contributed by atoms with van der Waals surface area (Å²) in [6.45, 7) is 4.17. The molecule has 0 spiro atoms. The van der Waals surface area contributed by atoms with E-state index in [9.17, 15) is 9.59 Å². The smallest absolute Gasteiger partial charge is 0.335 e. The van der Waals surface area contributed by atoms with Gasteiger partial charge in [-0.3, -0.25) is 4.79 Å². The van der Waals surface area contributed by atoms with E-state index in [-0.39, 0.29) is 11.5 Å². The first kappa shape index (κ1) is 15.2. The Hall–Kier alpha value is -2.21. The van der Waals surface area contributed by atoms with E-state index in [4.69, 9.17) is 5.11 Å². The quantitative estimate of drug-likeness (QED) is 0.943. The van der Waals surface area contributed by atoms with Crippen molar-refractivity contribution in [2.45, 2.75) is 20.4 Å². The zero-order chi connectivity index (χ0) is 15.6. The standard InChI is InChI=1S/C15H16N2O3S/c1-9-13(16-10(2)21-9)14(18)17(3)8-11-4-6-12(7-5-11)15(19)20/h4-7H,8H2,1-3H3,(H,19,20). The Balaban J connectivity index is 2.10. The Morgan fingerprint density at radius 2 is 1.86 bits per heavy atom. The minimum Gasteiger partial charge on any atom is -0.478 e. The van der Waals surface area contributed by atoms with Crippen molar-refractivity contribution in [2.24, 2.45) is 0 Å². The second-order valence-corrected chi connectivity index (χ2v) is 6.21. The second kappa shape index (κ2) is 6.05. The molecule has 0 radical (unpaired) electrons. The Labute approximate surface area is 126 Å². The van der Waals surface area contributed by atoms with Crippen molar-refractivity contribution in [3.05, 3.63) is 51.0 Å². The molecule has 6 heteroatoms. The number of carbonyl (C=O) groups excluding carboxylic acids is 1. The third kappa shape index (κ3) is 3.46. The van der Waals surface area contributed by atoms with Crippen LogP contribution in [-0.4, -0.2) is 33.9 Å². The first-order chi connectivity index (χ1) is 9.88. The fourth-order valence-electron chi connectivity index (χ4n) is 2.01. The van der Waals surface area contributed by atoms with Gasteiger partial charge in [-0.25, -0.2) is 9.78 Å². The lowest BCUT2D eigenvalue weighted by molar-refractivity contribution is 0.0695. The van der Waals surface area contributed by atoms with Crippen LogP contribution in [0.3, 0.4) is 0 Å². The zero-order valence-electron chi connectivity index (χ0n) is 12.1. The number of rotatable bonds is 4. The van der Waals surface area contributed by atoms with E-state index in [1.807, 2.05) is 13.8 Å². The highest BCUT2D eigenvalue weighted by atomic mass is 32.1. The third-order valence-electron chi connectivity index (χ3n) is 3.07. The summed E-state index contributed by atoms with van der Waals surface area (Å²) in [6, 6.07) is 6.50. The fraction of sp³-hybridized carbons (Fsp3) is 0.267. The van der Waals surface area contributed by atoms with Crippen LogP contribution < -0.4 is 0 Å². The summed E-state index contributed by atoms with van der Waals surface area (Å²) in [4.78, 5) is 29.9. The van der Waals surface area contributed by atoms with Crippen molar-refractivity contribution in [2.75, 3.05) is 7.05 Å². The molecule has 0 fully saturated rings. The first-order valence-corrected chi connectivity index (χ1v) is 7.22. The van der Waals surface area contributed by atoms with Gasteiger partial charge in [0.1, 0.15) is 5.69 Å². The molecule has 0 saturated carbocycles. The molecular weight excluding hydrogens is 288 g/mol. The van der Waals surface area contributed by atoms with Gasteiger partial charge in [0, 0.05) is 18.5 Å². The van der Waals surface area contributed by atoms with Gasteiger partial charge in [0.25, 0.3) is 5.91 Å². The summed E-state index contributed by atoms with van der Waals surface area (Å²) in [6.07, 6.45) is 0. The predicted molar refractivity (Wildman–Crippen MR) is 80.8 cm³/mol. The minimum atomic E-state index is -0.959. The van der Waals surface area contributed by atoms with E-state index in [1.54, 1.807) is 24.1 Å². The molecule has 1 aromatic heterocycles. The lowest BCUT2D eigenvalue weighted by atomic mass is 10.1. The Morgan fingerprint density at radius 1 is 1.24 bits per heavy atom. The van der Waals surface area contributed by atoms with Crippen molar-refractivity contribution in [3.63, 3.8) is 0 Å². The van der Waals surface area contributed by atoms with Gasteiger partial charge in [-0.15, -0.1) is 11.3 Å². The number of aromatic carboxylic acids is 1. The van der Waals surface area contributed by atoms with Crippen LogP contribution in [-0.2, 0) is 6.54 Å². The van der Waals surface area contributed by atoms with Crippen LogP contribution in [0.25, 0.3) is 0 Å². The number of aromatic nitrogens is 1. The van der Waals surface area contributed by atoms with Crippen molar-refractivity contribution in [1.29, 1.82) is 0 Å². The molecule has 1 aromatic carbocycles. The molecule has 0 atom stereocenters. The number of carbonyl (C=O) groups is 2. The van der Waals surface area contributed by atoms with Crippen LogP contribution >= 0.6 is 11.3 Å². The molecule has 1 amide bonds. The number of hydrogen-bond donors (Lipinski definition) is 1. The van der Waals surface area contributed by atoms with Gasteiger partial charge in [0.15, 0.2) is 0 Å². The molecule has 0 unspecified atom stereocenters. The fourth-order valence-corrected chi connectivity index (χ4v) is 2.82. The maximum Gasteiger partial charge on any atom is 0.335 e. The summed E-state index contributed by atoms with van der Waals surface area (Å²) >= 11 is 1.50. The summed E-state index contributed by atoms with van der Waals surface area (Å²) in [5.74, 6) is -1.08. The second-order valence-electron chi connectivity index (χ2n) is 4.80. The Kier molecular flexibility index (Phi) is 4.37.